The number of carbonyl (C=O) groups excluding carboxylic acids is 3. The Balaban J connectivity index is 1.47. The van der Waals surface area contributed by atoms with Crippen LogP contribution in [0.4, 0.5) is 4.79 Å². The highest BCUT2D eigenvalue weighted by molar-refractivity contribution is 7.86. The van der Waals surface area contributed by atoms with Gasteiger partial charge in [-0.15, -0.1) is 0 Å². The molecule has 0 aliphatic heterocycles. The first kappa shape index (κ1) is 29.9. The highest BCUT2D eigenvalue weighted by atomic mass is 35.5. The topological polar surface area (TPSA) is 133 Å². The zero-order valence-electron chi connectivity index (χ0n) is 23.3. The molecular weight excluding hydrogens is 572 g/mol. The van der Waals surface area contributed by atoms with E-state index in [1.54, 1.807) is 19.1 Å². The van der Waals surface area contributed by atoms with Crippen LogP contribution in [0, 0.1) is 28.6 Å². The molecule has 3 saturated carbocycles. The first-order chi connectivity index (χ1) is 19.3. The van der Waals surface area contributed by atoms with Crippen LogP contribution in [0.1, 0.15) is 52.9 Å². The Hall–Kier alpha value is -2.53. The predicted molar refractivity (Wildman–Crippen MR) is 148 cm³/mol. The van der Waals surface area contributed by atoms with Crippen LogP contribution in [0.25, 0.3) is 0 Å². The number of ether oxygens (including phenoxy) is 2. The summed E-state index contributed by atoms with van der Waals surface area (Å²) in [7, 11) is -4.31. The third-order valence-electron chi connectivity index (χ3n) is 10.0. The van der Waals surface area contributed by atoms with Crippen LogP contribution in [0.2, 0.25) is 5.02 Å². The maximum Gasteiger partial charge on any atom is 0.509 e. The van der Waals surface area contributed by atoms with Crippen molar-refractivity contribution in [3.05, 3.63) is 53.1 Å². The Labute approximate surface area is 245 Å². The van der Waals surface area contributed by atoms with Crippen LogP contribution in [0.5, 0.6) is 0 Å². The van der Waals surface area contributed by atoms with Gasteiger partial charge in [0, 0.05) is 21.8 Å². The van der Waals surface area contributed by atoms with Crippen LogP contribution in [-0.4, -0.2) is 56.2 Å². The Morgan fingerprint density at radius 2 is 1.85 bits per heavy atom. The Kier molecular flexibility index (Phi) is 7.76. The Morgan fingerprint density at radius 3 is 2.54 bits per heavy atom. The second-order valence-corrected chi connectivity index (χ2v) is 14.0. The number of halogens is 1. The summed E-state index contributed by atoms with van der Waals surface area (Å²) in [5.74, 6) is -1.10. The van der Waals surface area contributed by atoms with Gasteiger partial charge in [0.15, 0.2) is 11.4 Å². The lowest BCUT2D eigenvalue weighted by molar-refractivity contribution is -0.183. The summed E-state index contributed by atoms with van der Waals surface area (Å²) in [6, 6.07) is 5.35. The molecule has 1 aromatic rings. The van der Waals surface area contributed by atoms with E-state index in [0.29, 0.717) is 24.3 Å². The summed E-state index contributed by atoms with van der Waals surface area (Å²) in [5, 5.41) is 12.0. The van der Waals surface area contributed by atoms with Crippen molar-refractivity contribution in [3.8, 4) is 0 Å². The summed E-state index contributed by atoms with van der Waals surface area (Å²) in [5.41, 5.74) is -2.29. The fourth-order valence-corrected chi connectivity index (χ4v) is 9.20. The number of rotatable bonds is 7. The molecule has 0 radical (unpaired) electrons. The fourth-order valence-electron chi connectivity index (χ4n) is 8.20. The first-order valence-corrected chi connectivity index (χ1v) is 15.7. The number of carbonyl (C=O) groups is 3. The summed E-state index contributed by atoms with van der Waals surface area (Å²) < 4.78 is 41.8. The van der Waals surface area contributed by atoms with E-state index in [2.05, 4.69) is 0 Å². The average Bonchev–Trinajstić information content (AvgIpc) is 3.20. The number of benzene rings is 1. The van der Waals surface area contributed by atoms with Gasteiger partial charge in [-0.2, -0.15) is 8.42 Å². The number of allylic oxidation sites excluding steroid dienone is 4. The molecule has 1 unspecified atom stereocenters. The van der Waals surface area contributed by atoms with Crippen molar-refractivity contribution < 1.29 is 41.6 Å². The summed E-state index contributed by atoms with van der Waals surface area (Å²) in [4.78, 5) is 38.7. The van der Waals surface area contributed by atoms with Gasteiger partial charge in [0.05, 0.1) is 17.6 Å². The van der Waals surface area contributed by atoms with Crippen molar-refractivity contribution >= 4 is 39.4 Å². The minimum atomic E-state index is -4.31. The Morgan fingerprint density at radius 1 is 1.15 bits per heavy atom. The smallest absolute Gasteiger partial charge is 0.435 e. The monoisotopic (exact) mass is 606 g/mol. The van der Waals surface area contributed by atoms with Gasteiger partial charge < -0.3 is 14.6 Å². The molecule has 9 nitrogen and oxygen atoms in total. The maximum atomic E-state index is 14.0. The standard InChI is InChI=1S/C30H35ClO9S/c1-4-38-27(35)40-30(25(34)17-39-41(36,37)21-8-6-19(31)7-9-21)14-12-23-22-10-5-18-15-20(32)11-13-28(18,2)26(22)24(33)16-29(23,30)3/h6-9,11,13,15,22-24,26,33H,4-5,10,12,14,16-17H2,1-3H3/t22-,23-,24?,26+,28-,29-,30-/m0/s1. The number of hydrogen-bond acceptors (Lipinski definition) is 9. The van der Waals surface area contributed by atoms with E-state index in [4.69, 9.17) is 25.3 Å². The molecule has 0 heterocycles. The molecule has 7 atom stereocenters. The maximum absolute atomic E-state index is 14.0. The number of Topliss-reactive ketones (excluding diaryl/α,β-unsaturated/α-hetero) is 1. The molecule has 4 aliphatic carbocycles. The van der Waals surface area contributed by atoms with Gasteiger partial charge in [-0.1, -0.05) is 37.1 Å². The van der Waals surface area contributed by atoms with E-state index < -0.39 is 51.2 Å². The van der Waals surface area contributed by atoms with Gasteiger partial charge >= 0.3 is 6.16 Å². The molecule has 0 bridgehead atoms. The molecule has 0 spiro atoms. The Bertz CT molecular complexity index is 1420. The summed E-state index contributed by atoms with van der Waals surface area (Å²) in [6.07, 6.45) is 5.39. The SMILES string of the molecule is CCOC(=O)O[C@]1(C(=O)COS(=O)(=O)c2ccc(Cl)cc2)CC[C@H]2[C@@H]3CCC4=CC(=O)C=C[C@]4(C)[C@H]3C(O)C[C@@]21C. The van der Waals surface area contributed by atoms with Crippen molar-refractivity contribution in [3.63, 3.8) is 0 Å². The molecule has 0 amide bonds. The van der Waals surface area contributed by atoms with Gasteiger partial charge in [0.1, 0.15) is 6.61 Å². The molecule has 1 aromatic carbocycles. The number of aliphatic hydroxyl groups excluding tert-OH is 1. The lowest BCUT2D eigenvalue weighted by atomic mass is 9.46. The van der Waals surface area contributed by atoms with Gasteiger partial charge in [-0.3, -0.25) is 13.8 Å². The molecule has 222 valence electrons. The van der Waals surface area contributed by atoms with Crippen LogP contribution < -0.4 is 0 Å². The number of hydrogen-bond donors (Lipinski definition) is 1. The van der Waals surface area contributed by atoms with Crippen LogP contribution >= 0.6 is 11.6 Å². The van der Waals surface area contributed by atoms with E-state index in [0.717, 1.165) is 5.57 Å². The largest absolute Gasteiger partial charge is 0.509 e. The molecular formula is C30H35ClO9S. The molecule has 5 rings (SSSR count). The van der Waals surface area contributed by atoms with Crippen LogP contribution in [0.3, 0.4) is 0 Å². The van der Waals surface area contributed by atoms with Crippen LogP contribution in [-0.2, 0) is 33.4 Å². The minimum absolute atomic E-state index is 0.0243. The van der Waals surface area contributed by atoms with E-state index >= 15 is 0 Å². The van der Waals surface area contributed by atoms with Crippen molar-refractivity contribution in [1.82, 2.24) is 0 Å². The molecule has 1 N–H and O–H groups in total. The van der Waals surface area contributed by atoms with Crippen LogP contribution in [0.15, 0.2) is 53.0 Å². The quantitative estimate of drug-likeness (QED) is 0.343. The predicted octanol–water partition coefficient (Wildman–Crippen LogP) is 4.81. The fraction of sp³-hybridized carbons (Fsp3) is 0.567. The average molecular weight is 607 g/mol. The van der Waals surface area contributed by atoms with Gasteiger partial charge in [-0.25, -0.2) is 4.79 Å². The third-order valence-corrected chi connectivity index (χ3v) is 11.6. The summed E-state index contributed by atoms with van der Waals surface area (Å²) >= 11 is 5.87. The normalized spacial score (nSPS) is 36.0. The van der Waals surface area contributed by atoms with Gasteiger partial charge in [0.2, 0.25) is 5.78 Å². The highest BCUT2D eigenvalue weighted by Gasteiger charge is 2.70. The van der Waals surface area contributed by atoms with Crippen molar-refractivity contribution in [2.45, 2.75) is 69.5 Å². The van der Waals surface area contributed by atoms with Crippen molar-refractivity contribution in [2.24, 2.45) is 28.6 Å². The molecule has 11 heteroatoms. The number of aliphatic hydroxyl groups is 1. The van der Waals surface area contributed by atoms with E-state index in [-0.39, 0.29) is 47.9 Å². The molecule has 4 aliphatic rings. The van der Waals surface area contributed by atoms with Gasteiger partial charge in [0.25, 0.3) is 10.1 Å². The zero-order chi connectivity index (χ0) is 29.8. The van der Waals surface area contributed by atoms with Crippen molar-refractivity contribution in [2.75, 3.05) is 13.2 Å². The molecule has 0 saturated heterocycles. The third kappa shape index (κ3) is 4.86. The molecule has 3 fully saturated rings. The molecule has 0 aromatic heterocycles. The van der Waals surface area contributed by atoms with E-state index in [1.807, 2.05) is 19.9 Å². The first-order valence-electron chi connectivity index (χ1n) is 13.9. The number of fused-ring (bicyclic) bond motifs is 5. The lowest BCUT2D eigenvalue weighted by Crippen LogP contribution is -2.63. The highest BCUT2D eigenvalue weighted by Crippen LogP contribution is 2.68. The lowest BCUT2D eigenvalue weighted by Gasteiger charge is -2.59. The van der Waals surface area contributed by atoms with Crippen molar-refractivity contribution in [1.29, 1.82) is 0 Å². The summed E-state index contributed by atoms with van der Waals surface area (Å²) in [6.45, 7) is 4.66. The number of ketones is 2. The molecule has 41 heavy (non-hydrogen) atoms. The second kappa shape index (κ2) is 10.6. The second-order valence-electron chi connectivity index (χ2n) is 12.0. The van der Waals surface area contributed by atoms with E-state index in [9.17, 15) is 27.9 Å². The van der Waals surface area contributed by atoms with Gasteiger partial charge in [-0.05, 0) is 87.3 Å². The van der Waals surface area contributed by atoms with E-state index in [1.165, 1.54) is 24.3 Å². The minimum Gasteiger partial charge on any atom is -0.435 e. The zero-order valence-corrected chi connectivity index (χ0v) is 24.9.